The molecule has 2 N–H and O–H groups in total. The Balaban J connectivity index is 0.00000392. The first-order valence-corrected chi connectivity index (χ1v) is 10.6. The first-order chi connectivity index (χ1) is 12.9. The van der Waals surface area contributed by atoms with Crippen LogP contribution in [0.2, 0.25) is 0 Å². The number of aliphatic imine (C=N–C) groups is 1. The molecule has 0 aliphatic rings. The van der Waals surface area contributed by atoms with Crippen LogP contribution in [0, 0.1) is 5.82 Å². The van der Waals surface area contributed by atoms with Crippen LogP contribution >= 0.6 is 24.0 Å². The van der Waals surface area contributed by atoms with Gasteiger partial charge in [-0.3, -0.25) is 4.99 Å². The molecular formula is C20H27FIN3O2S. The number of halogens is 2. The maximum Gasteiger partial charge on any atom is 0.191 e. The molecule has 2 aromatic carbocycles. The molecule has 0 bridgehead atoms. The molecule has 0 saturated carbocycles. The van der Waals surface area contributed by atoms with Gasteiger partial charge in [-0.15, -0.1) is 24.0 Å². The number of guanidine groups is 1. The number of rotatable bonds is 8. The zero-order valence-corrected chi connectivity index (χ0v) is 19.2. The number of hydrogen-bond acceptors (Lipinski definition) is 3. The monoisotopic (exact) mass is 519 g/mol. The summed E-state index contributed by atoms with van der Waals surface area (Å²) < 4.78 is 38.2. The van der Waals surface area contributed by atoms with Crippen LogP contribution < -0.4 is 10.6 Å². The van der Waals surface area contributed by atoms with Crippen molar-refractivity contribution in [1.29, 1.82) is 0 Å². The molecule has 0 aliphatic carbocycles. The quantitative estimate of drug-likeness (QED) is 0.319. The SMILES string of the molecule is CN=C(NCCS(=O)(=O)c1ccccc1F)NC(C)CCc1ccccc1.I. The predicted octanol–water partition coefficient (Wildman–Crippen LogP) is 3.40. The number of sulfone groups is 1. The Morgan fingerprint density at radius 3 is 2.39 bits per heavy atom. The Hall–Kier alpha value is -1.68. The van der Waals surface area contributed by atoms with Crippen molar-refractivity contribution in [3.63, 3.8) is 0 Å². The van der Waals surface area contributed by atoms with Crippen molar-refractivity contribution in [2.75, 3.05) is 19.3 Å². The van der Waals surface area contributed by atoms with Crippen molar-refractivity contribution in [3.05, 3.63) is 66.0 Å². The van der Waals surface area contributed by atoms with E-state index in [9.17, 15) is 12.8 Å². The van der Waals surface area contributed by atoms with Crippen molar-refractivity contribution in [3.8, 4) is 0 Å². The molecule has 0 aromatic heterocycles. The van der Waals surface area contributed by atoms with Crippen LogP contribution in [0.5, 0.6) is 0 Å². The largest absolute Gasteiger partial charge is 0.355 e. The third-order valence-electron chi connectivity index (χ3n) is 4.15. The Morgan fingerprint density at radius 2 is 1.75 bits per heavy atom. The summed E-state index contributed by atoms with van der Waals surface area (Å²) >= 11 is 0. The van der Waals surface area contributed by atoms with Gasteiger partial charge in [-0.05, 0) is 37.5 Å². The third-order valence-corrected chi connectivity index (χ3v) is 5.89. The van der Waals surface area contributed by atoms with E-state index >= 15 is 0 Å². The van der Waals surface area contributed by atoms with Gasteiger partial charge < -0.3 is 10.6 Å². The predicted molar refractivity (Wildman–Crippen MR) is 123 cm³/mol. The van der Waals surface area contributed by atoms with Crippen molar-refractivity contribution >= 4 is 39.8 Å². The smallest absolute Gasteiger partial charge is 0.191 e. The lowest BCUT2D eigenvalue weighted by atomic mass is 10.1. The number of nitrogens with zero attached hydrogens (tertiary/aromatic N) is 1. The summed E-state index contributed by atoms with van der Waals surface area (Å²) in [5.41, 5.74) is 1.27. The molecule has 8 heteroatoms. The van der Waals surface area contributed by atoms with Crippen LogP contribution in [0.4, 0.5) is 4.39 Å². The molecule has 0 aliphatic heterocycles. The standard InChI is InChI=1S/C20H26FN3O2S.HI/c1-16(12-13-17-8-4-3-5-9-17)24-20(22-2)23-14-15-27(25,26)19-11-7-6-10-18(19)21;/h3-11,16H,12-15H2,1-2H3,(H2,22,23,24);1H. The second-order valence-electron chi connectivity index (χ2n) is 6.32. The van der Waals surface area contributed by atoms with Crippen LogP contribution in [0.3, 0.4) is 0 Å². The topological polar surface area (TPSA) is 70.6 Å². The van der Waals surface area contributed by atoms with E-state index in [1.807, 2.05) is 25.1 Å². The first-order valence-electron chi connectivity index (χ1n) is 8.91. The summed E-state index contributed by atoms with van der Waals surface area (Å²) in [5, 5.41) is 6.23. The number of aryl methyl sites for hydroxylation is 1. The van der Waals surface area contributed by atoms with Gasteiger partial charge in [-0.2, -0.15) is 0 Å². The Kier molecular flexibility index (Phi) is 10.4. The maximum absolute atomic E-state index is 13.7. The van der Waals surface area contributed by atoms with Crippen LogP contribution in [0.15, 0.2) is 64.5 Å². The van der Waals surface area contributed by atoms with E-state index in [2.05, 4.69) is 27.8 Å². The molecule has 1 unspecified atom stereocenters. The summed E-state index contributed by atoms with van der Waals surface area (Å²) in [6, 6.07) is 15.8. The van der Waals surface area contributed by atoms with E-state index in [1.54, 1.807) is 7.05 Å². The van der Waals surface area contributed by atoms with Crippen molar-refractivity contribution in [2.24, 2.45) is 4.99 Å². The highest BCUT2D eigenvalue weighted by atomic mass is 127. The molecule has 2 aromatic rings. The summed E-state index contributed by atoms with van der Waals surface area (Å²) in [6.07, 6.45) is 1.85. The van der Waals surface area contributed by atoms with Gasteiger partial charge in [0.1, 0.15) is 10.7 Å². The van der Waals surface area contributed by atoms with Gasteiger partial charge >= 0.3 is 0 Å². The molecule has 2 rings (SSSR count). The zero-order chi connectivity index (χ0) is 19.7. The average molecular weight is 519 g/mol. The van der Waals surface area contributed by atoms with Crippen molar-refractivity contribution < 1.29 is 12.8 Å². The molecular weight excluding hydrogens is 492 g/mol. The minimum absolute atomic E-state index is 0. The minimum Gasteiger partial charge on any atom is -0.355 e. The number of nitrogens with one attached hydrogen (secondary N) is 2. The highest BCUT2D eigenvalue weighted by Crippen LogP contribution is 2.14. The van der Waals surface area contributed by atoms with Gasteiger partial charge in [0.15, 0.2) is 15.8 Å². The fraction of sp³-hybridized carbons (Fsp3) is 0.350. The summed E-state index contributed by atoms with van der Waals surface area (Å²) in [5.74, 6) is -0.415. The van der Waals surface area contributed by atoms with Gasteiger partial charge in [0, 0.05) is 19.6 Å². The molecule has 0 amide bonds. The molecule has 0 spiro atoms. The number of hydrogen-bond donors (Lipinski definition) is 2. The molecule has 154 valence electrons. The van der Waals surface area contributed by atoms with Crippen molar-refractivity contribution in [2.45, 2.75) is 30.7 Å². The fourth-order valence-corrected chi connectivity index (χ4v) is 3.88. The molecule has 28 heavy (non-hydrogen) atoms. The maximum atomic E-state index is 13.7. The summed E-state index contributed by atoms with van der Waals surface area (Å²) in [6.45, 7) is 2.19. The Morgan fingerprint density at radius 1 is 1.11 bits per heavy atom. The molecule has 1 atom stereocenters. The van der Waals surface area contributed by atoms with Crippen LogP contribution in [0.1, 0.15) is 18.9 Å². The van der Waals surface area contributed by atoms with E-state index in [1.165, 1.54) is 23.8 Å². The molecule has 0 heterocycles. The number of benzene rings is 2. The van der Waals surface area contributed by atoms with E-state index in [4.69, 9.17) is 0 Å². The third kappa shape index (κ3) is 7.75. The molecule has 0 radical (unpaired) electrons. The fourth-order valence-electron chi connectivity index (χ4n) is 2.64. The van der Waals surface area contributed by atoms with Crippen molar-refractivity contribution in [1.82, 2.24) is 10.6 Å². The highest BCUT2D eigenvalue weighted by Gasteiger charge is 2.18. The van der Waals surface area contributed by atoms with Gasteiger partial charge in [-0.1, -0.05) is 42.5 Å². The molecule has 0 fully saturated rings. The molecule has 5 nitrogen and oxygen atoms in total. The second-order valence-corrected chi connectivity index (χ2v) is 8.40. The highest BCUT2D eigenvalue weighted by molar-refractivity contribution is 14.0. The van der Waals surface area contributed by atoms with Gasteiger partial charge in [0.2, 0.25) is 0 Å². The lowest BCUT2D eigenvalue weighted by Gasteiger charge is -2.18. The Labute approximate surface area is 183 Å². The average Bonchev–Trinajstić information content (AvgIpc) is 2.66. The summed E-state index contributed by atoms with van der Waals surface area (Å²) in [7, 11) is -2.06. The normalized spacial score (nSPS) is 12.8. The minimum atomic E-state index is -3.69. The summed E-state index contributed by atoms with van der Waals surface area (Å²) in [4.78, 5) is 3.85. The second kappa shape index (κ2) is 12.0. The Bertz CT molecular complexity index is 861. The van der Waals surface area contributed by atoms with Crippen LogP contribution in [-0.2, 0) is 16.3 Å². The van der Waals surface area contributed by atoms with Gasteiger partial charge in [0.25, 0.3) is 0 Å². The lowest BCUT2D eigenvalue weighted by Crippen LogP contribution is -2.43. The molecule has 0 saturated heterocycles. The van der Waals surface area contributed by atoms with Gasteiger partial charge in [0.05, 0.1) is 5.75 Å². The zero-order valence-electron chi connectivity index (χ0n) is 16.1. The lowest BCUT2D eigenvalue weighted by molar-refractivity contribution is 0.565. The van der Waals surface area contributed by atoms with E-state index in [0.29, 0.717) is 5.96 Å². The van der Waals surface area contributed by atoms with E-state index in [-0.39, 0.29) is 47.2 Å². The van der Waals surface area contributed by atoms with E-state index in [0.717, 1.165) is 18.9 Å². The van der Waals surface area contributed by atoms with E-state index < -0.39 is 15.7 Å². The van der Waals surface area contributed by atoms with Crippen LogP contribution in [-0.4, -0.2) is 39.8 Å². The van der Waals surface area contributed by atoms with Gasteiger partial charge in [-0.25, -0.2) is 12.8 Å². The first kappa shape index (κ1) is 24.4. The van der Waals surface area contributed by atoms with Crippen LogP contribution in [0.25, 0.3) is 0 Å².